The van der Waals surface area contributed by atoms with E-state index < -0.39 is 42.6 Å². The fraction of sp³-hybridized carbons (Fsp3) is 0.536. The number of sulfone groups is 1. The van der Waals surface area contributed by atoms with Crippen molar-refractivity contribution in [3.8, 4) is 11.8 Å². The van der Waals surface area contributed by atoms with Crippen LogP contribution in [0.5, 0.6) is 5.75 Å². The first-order chi connectivity index (χ1) is 17.1. The van der Waals surface area contributed by atoms with E-state index in [-0.39, 0.29) is 4.90 Å². The molecule has 0 heterocycles. The monoisotopic (exact) mass is 547 g/mol. The fourth-order valence-corrected chi connectivity index (χ4v) is 7.60. The molecule has 7 nitrogen and oxygen atoms in total. The first kappa shape index (κ1) is 29.2. The first-order valence-corrected chi connectivity index (χ1v) is 15.9. The Labute approximate surface area is 221 Å². The van der Waals surface area contributed by atoms with Gasteiger partial charge in [0, 0.05) is 0 Å². The highest BCUT2D eigenvalue weighted by Crippen LogP contribution is 2.48. The Balaban J connectivity index is 1.79. The summed E-state index contributed by atoms with van der Waals surface area (Å²) in [5, 5.41) is 10.1. The molecule has 0 aromatic heterocycles. The highest BCUT2D eigenvalue weighted by Gasteiger charge is 2.45. The van der Waals surface area contributed by atoms with Crippen LogP contribution in [0.2, 0.25) is 0 Å². The Morgan fingerprint density at radius 1 is 1.11 bits per heavy atom. The van der Waals surface area contributed by atoms with Crippen molar-refractivity contribution in [2.24, 2.45) is 5.41 Å². The summed E-state index contributed by atoms with van der Waals surface area (Å²) in [6.45, 7) is 7.84. The lowest BCUT2D eigenvalue weighted by Crippen LogP contribution is -2.41. The molecule has 0 fully saturated rings. The molecule has 0 N–H and O–H groups in total. The van der Waals surface area contributed by atoms with Crippen LogP contribution in [0.4, 0.5) is 0 Å². The smallest absolute Gasteiger partial charge is 0.264 e. The summed E-state index contributed by atoms with van der Waals surface area (Å²) >= 11 is 0. The van der Waals surface area contributed by atoms with Crippen molar-refractivity contribution in [1.82, 2.24) is 0 Å². The second-order valence-corrected chi connectivity index (χ2v) is 14.6. The van der Waals surface area contributed by atoms with Gasteiger partial charge in [-0.3, -0.25) is 4.18 Å². The Hall–Kier alpha value is -2.41. The van der Waals surface area contributed by atoms with Crippen LogP contribution in [0.15, 0.2) is 47.4 Å². The van der Waals surface area contributed by atoms with Crippen molar-refractivity contribution in [3.05, 3.63) is 59.2 Å². The van der Waals surface area contributed by atoms with E-state index in [2.05, 4.69) is 26.0 Å². The molecule has 0 radical (unpaired) electrons. The van der Waals surface area contributed by atoms with Gasteiger partial charge < -0.3 is 4.74 Å². The largest absolute Gasteiger partial charge is 0.496 e. The van der Waals surface area contributed by atoms with E-state index in [9.17, 15) is 22.1 Å². The second-order valence-electron chi connectivity index (χ2n) is 11.0. The molecule has 2 aromatic carbocycles. The predicted octanol–water partition coefficient (Wildman–Crippen LogP) is 5.15. The molecule has 0 amide bonds. The van der Waals surface area contributed by atoms with Crippen molar-refractivity contribution < 1.29 is 25.8 Å². The maximum atomic E-state index is 13.1. The van der Waals surface area contributed by atoms with Gasteiger partial charge in [-0.2, -0.15) is 13.7 Å². The van der Waals surface area contributed by atoms with Gasteiger partial charge in [0.05, 0.1) is 41.6 Å². The van der Waals surface area contributed by atoms with Gasteiger partial charge in [0.1, 0.15) is 5.75 Å². The molecule has 0 bridgehead atoms. The SMILES string of the molecule is COc1cc2c(cc1C(C)C)CC2(C#N)CCCC(C)(C)C(CS(=O)(=O)c1ccccc1)OS(C)(=O)=O. The molecule has 202 valence electrons. The summed E-state index contributed by atoms with van der Waals surface area (Å²) in [6, 6.07) is 14.6. The summed E-state index contributed by atoms with van der Waals surface area (Å²) in [6.07, 6.45) is 2.16. The van der Waals surface area contributed by atoms with Gasteiger partial charge >= 0.3 is 0 Å². The van der Waals surface area contributed by atoms with Gasteiger partial charge in [-0.05, 0) is 65.5 Å². The van der Waals surface area contributed by atoms with Crippen molar-refractivity contribution in [1.29, 1.82) is 5.26 Å². The number of ether oxygens (including phenoxy) is 1. The summed E-state index contributed by atoms with van der Waals surface area (Å²) in [7, 11) is -6.05. The van der Waals surface area contributed by atoms with Crippen molar-refractivity contribution in [3.63, 3.8) is 0 Å². The van der Waals surface area contributed by atoms with Crippen LogP contribution < -0.4 is 4.74 Å². The molecule has 0 spiro atoms. The minimum absolute atomic E-state index is 0.122. The molecule has 0 aliphatic heterocycles. The molecule has 2 atom stereocenters. The van der Waals surface area contributed by atoms with Crippen LogP contribution >= 0.6 is 0 Å². The summed E-state index contributed by atoms with van der Waals surface area (Å²) in [5.41, 5.74) is 1.82. The van der Waals surface area contributed by atoms with Gasteiger partial charge in [0.2, 0.25) is 0 Å². The van der Waals surface area contributed by atoms with E-state index in [0.29, 0.717) is 31.6 Å². The number of methoxy groups -OCH3 is 1. The van der Waals surface area contributed by atoms with Gasteiger partial charge in [0.25, 0.3) is 10.1 Å². The van der Waals surface area contributed by atoms with Gasteiger partial charge in [0.15, 0.2) is 9.84 Å². The number of nitrogens with zero attached hydrogens (tertiary/aromatic N) is 1. The van der Waals surface area contributed by atoms with Crippen molar-refractivity contribution >= 4 is 20.0 Å². The Kier molecular flexibility index (Phi) is 8.47. The molecule has 0 saturated heterocycles. The van der Waals surface area contributed by atoms with Crippen molar-refractivity contribution in [2.45, 2.75) is 75.7 Å². The molecule has 2 unspecified atom stereocenters. The Morgan fingerprint density at radius 3 is 2.30 bits per heavy atom. The number of hydrogen-bond acceptors (Lipinski definition) is 7. The van der Waals surface area contributed by atoms with Crippen LogP contribution in [0.1, 0.15) is 69.6 Å². The zero-order valence-corrected chi connectivity index (χ0v) is 24.1. The Bertz CT molecular complexity index is 1380. The number of nitriles is 1. The molecule has 3 rings (SSSR count). The van der Waals surface area contributed by atoms with Gasteiger partial charge in [-0.1, -0.05) is 58.4 Å². The Morgan fingerprint density at radius 2 is 1.76 bits per heavy atom. The highest BCUT2D eigenvalue weighted by molar-refractivity contribution is 7.91. The number of hydrogen-bond donors (Lipinski definition) is 0. The van der Waals surface area contributed by atoms with E-state index in [1.807, 2.05) is 19.9 Å². The van der Waals surface area contributed by atoms with Gasteiger partial charge in [-0.25, -0.2) is 8.42 Å². The molecule has 37 heavy (non-hydrogen) atoms. The third-order valence-electron chi connectivity index (χ3n) is 7.36. The molecule has 1 aliphatic rings. The number of fused-ring (bicyclic) bond motifs is 1. The maximum absolute atomic E-state index is 13.1. The molecule has 2 aromatic rings. The van der Waals surface area contributed by atoms with Crippen LogP contribution in [0.3, 0.4) is 0 Å². The normalized spacial score (nSPS) is 18.5. The highest BCUT2D eigenvalue weighted by atomic mass is 32.2. The van der Waals surface area contributed by atoms with Crippen LogP contribution in [-0.2, 0) is 36.0 Å². The lowest BCUT2D eigenvalue weighted by Gasteiger charge is -2.41. The lowest BCUT2D eigenvalue weighted by molar-refractivity contribution is 0.0870. The van der Waals surface area contributed by atoms with Crippen LogP contribution in [0, 0.1) is 16.7 Å². The van der Waals surface area contributed by atoms with E-state index in [1.165, 1.54) is 12.1 Å². The predicted molar refractivity (Wildman–Crippen MR) is 144 cm³/mol. The topological polar surface area (TPSA) is 111 Å². The summed E-state index contributed by atoms with van der Waals surface area (Å²) in [5.74, 6) is 0.622. The summed E-state index contributed by atoms with van der Waals surface area (Å²) < 4.78 is 61.1. The quantitative estimate of drug-likeness (QED) is 0.338. The van der Waals surface area contributed by atoms with Crippen LogP contribution in [0.25, 0.3) is 0 Å². The minimum atomic E-state index is -3.90. The van der Waals surface area contributed by atoms with Crippen LogP contribution in [-0.4, -0.2) is 42.1 Å². The third-order valence-corrected chi connectivity index (χ3v) is 9.67. The third kappa shape index (κ3) is 6.54. The van der Waals surface area contributed by atoms with E-state index in [0.717, 1.165) is 28.7 Å². The standard InChI is InChI=1S/C28H37NO6S2/c1-20(2)23-15-21-17-28(19-29,24(21)16-25(23)34-5)14-10-13-27(3,4)26(35-36(6,30)31)18-37(32,33)22-11-8-7-9-12-22/h7-9,11-12,15-16,20,26H,10,13-14,17-18H2,1-6H3. The molecule has 9 heteroatoms. The molecular formula is C28H37NO6S2. The average Bonchev–Trinajstić information content (AvgIpc) is 2.80. The number of benzene rings is 2. The van der Waals surface area contributed by atoms with E-state index in [1.54, 1.807) is 25.3 Å². The molecule has 0 saturated carbocycles. The second kappa shape index (κ2) is 10.8. The molecule has 1 aliphatic carbocycles. The lowest BCUT2D eigenvalue weighted by atomic mass is 9.61. The van der Waals surface area contributed by atoms with Gasteiger partial charge in [-0.15, -0.1) is 0 Å². The zero-order valence-electron chi connectivity index (χ0n) is 22.4. The maximum Gasteiger partial charge on any atom is 0.264 e. The summed E-state index contributed by atoms with van der Waals surface area (Å²) in [4.78, 5) is 0.122. The first-order valence-electron chi connectivity index (χ1n) is 12.4. The van der Waals surface area contributed by atoms with E-state index >= 15 is 0 Å². The molecular weight excluding hydrogens is 510 g/mol. The van der Waals surface area contributed by atoms with E-state index in [4.69, 9.17) is 8.92 Å². The minimum Gasteiger partial charge on any atom is -0.496 e. The number of rotatable bonds is 12. The average molecular weight is 548 g/mol. The fourth-order valence-electron chi connectivity index (χ4n) is 5.08. The van der Waals surface area contributed by atoms with Crippen molar-refractivity contribution in [2.75, 3.05) is 19.1 Å². The zero-order chi connectivity index (χ0) is 27.6.